The highest BCUT2D eigenvalue weighted by Gasteiger charge is 2.52. The highest BCUT2D eigenvalue weighted by atomic mass is 31.2. The quantitative estimate of drug-likeness (QED) is 0.0813. The van der Waals surface area contributed by atoms with E-state index < -0.39 is 18.7 Å². The van der Waals surface area contributed by atoms with Crippen LogP contribution < -0.4 is 4.74 Å². The molecular weight excluding hydrogens is 523 g/mol. The maximum Gasteiger partial charge on any atom is 0.340 e. The number of hydrogen-bond acceptors (Lipinski definition) is 7. The van der Waals surface area contributed by atoms with Gasteiger partial charge in [-0.2, -0.15) is 10.5 Å². The van der Waals surface area contributed by atoms with Gasteiger partial charge in [-0.05, 0) is 55.0 Å². The SMILES string of the molecule is COP(=O)(OC)C(c1ccccc1)C(C#N)(C#N)C/C=C(\C)CCc1ccc(OCOCc2ccccc2)cc1. The molecule has 0 aliphatic heterocycles. The summed E-state index contributed by atoms with van der Waals surface area (Å²) in [4.78, 5) is 0. The summed E-state index contributed by atoms with van der Waals surface area (Å²) in [6.07, 6.45) is 3.46. The molecule has 0 saturated carbocycles. The molecule has 0 saturated heterocycles. The van der Waals surface area contributed by atoms with Crippen LogP contribution >= 0.6 is 7.60 Å². The molecule has 0 heterocycles. The molecular formula is C32H35N2O5P. The number of aryl methyl sites for hydroxylation is 1. The van der Waals surface area contributed by atoms with E-state index in [-0.39, 0.29) is 13.2 Å². The van der Waals surface area contributed by atoms with Gasteiger partial charge in [0.1, 0.15) is 11.4 Å². The molecule has 1 atom stereocenters. The van der Waals surface area contributed by atoms with E-state index in [1.165, 1.54) is 14.2 Å². The lowest BCUT2D eigenvalue weighted by Gasteiger charge is -2.33. The first-order chi connectivity index (χ1) is 19.4. The summed E-state index contributed by atoms with van der Waals surface area (Å²) in [7, 11) is -1.27. The van der Waals surface area contributed by atoms with Crippen molar-refractivity contribution < 1.29 is 23.1 Å². The van der Waals surface area contributed by atoms with E-state index in [1.54, 1.807) is 24.3 Å². The van der Waals surface area contributed by atoms with Crippen LogP contribution in [-0.4, -0.2) is 21.0 Å². The van der Waals surface area contributed by atoms with Crippen LogP contribution in [0, 0.1) is 28.1 Å². The Bertz CT molecular complexity index is 1340. The molecule has 0 bridgehead atoms. The molecule has 0 aliphatic rings. The van der Waals surface area contributed by atoms with Crippen molar-refractivity contribution in [1.82, 2.24) is 0 Å². The van der Waals surface area contributed by atoms with Crippen molar-refractivity contribution in [3.05, 3.63) is 113 Å². The number of hydrogen-bond donors (Lipinski definition) is 0. The second kappa shape index (κ2) is 15.2. The Balaban J connectivity index is 1.61. The second-order valence-electron chi connectivity index (χ2n) is 9.41. The summed E-state index contributed by atoms with van der Waals surface area (Å²) in [6.45, 7) is 2.62. The van der Waals surface area contributed by atoms with Crippen LogP contribution in [0.5, 0.6) is 5.75 Å². The molecule has 8 heteroatoms. The zero-order chi connectivity index (χ0) is 28.8. The van der Waals surface area contributed by atoms with Gasteiger partial charge in [0.15, 0.2) is 12.2 Å². The third-order valence-corrected chi connectivity index (χ3v) is 9.12. The third-order valence-electron chi connectivity index (χ3n) is 6.73. The van der Waals surface area contributed by atoms with E-state index >= 15 is 0 Å². The van der Waals surface area contributed by atoms with Gasteiger partial charge in [-0.1, -0.05) is 84.4 Å². The monoisotopic (exact) mass is 558 g/mol. The Morgan fingerprint density at radius 2 is 1.50 bits per heavy atom. The summed E-state index contributed by atoms with van der Waals surface area (Å²) in [5.74, 6) is 0.726. The topological polar surface area (TPSA) is 102 Å². The number of nitriles is 2. The first-order valence-corrected chi connectivity index (χ1v) is 14.6. The van der Waals surface area contributed by atoms with Crippen LogP contribution in [0.3, 0.4) is 0 Å². The van der Waals surface area contributed by atoms with Crippen molar-refractivity contribution in [1.29, 1.82) is 10.5 Å². The summed E-state index contributed by atoms with van der Waals surface area (Å²) >= 11 is 0. The molecule has 208 valence electrons. The van der Waals surface area contributed by atoms with E-state index in [0.29, 0.717) is 12.2 Å². The molecule has 0 aromatic heterocycles. The lowest BCUT2D eigenvalue weighted by atomic mass is 9.80. The van der Waals surface area contributed by atoms with Crippen LogP contribution in [0.4, 0.5) is 0 Å². The lowest BCUT2D eigenvalue weighted by molar-refractivity contribution is 0.00504. The van der Waals surface area contributed by atoms with E-state index in [4.69, 9.17) is 18.5 Å². The molecule has 0 amide bonds. The van der Waals surface area contributed by atoms with E-state index in [9.17, 15) is 15.1 Å². The number of nitrogens with zero attached hydrogens (tertiary/aromatic N) is 2. The van der Waals surface area contributed by atoms with Crippen LogP contribution in [0.25, 0.3) is 0 Å². The predicted molar refractivity (Wildman–Crippen MR) is 154 cm³/mol. The minimum absolute atomic E-state index is 0.0812. The summed E-state index contributed by atoms with van der Waals surface area (Å²) in [5.41, 5.74) is 1.07. The zero-order valence-electron chi connectivity index (χ0n) is 23.2. The normalized spacial score (nSPS) is 12.8. The largest absolute Gasteiger partial charge is 0.468 e. The predicted octanol–water partition coefficient (Wildman–Crippen LogP) is 7.77. The van der Waals surface area contributed by atoms with Crippen LogP contribution in [0.1, 0.15) is 42.1 Å². The van der Waals surface area contributed by atoms with Crippen molar-refractivity contribution in [2.45, 2.75) is 38.5 Å². The van der Waals surface area contributed by atoms with Gasteiger partial charge in [-0.3, -0.25) is 4.57 Å². The minimum Gasteiger partial charge on any atom is -0.468 e. The van der Waals surface area contributed by atoms with E-state index in [2.05, 4.69) is 12.1 Å². The average Bonchev–Trinajstić information content (AvgIpc) is 3.01. The molecule has 7 nitrogen and oxygen atoms in total. The fourth-order valence-electron chi connectivity index (χ4n) is 4.38. The molecule has 3 rings (SSSR count). The van der Waals surface area contributed by atoms with Crippen molar-refractivity contribution in [3.63, 3.8) is 0 Å². The van der Waals surface area contributed by atoms with Gasteiger partial charge in [-0.15, -0.1) is 0 Å². The van der Waals surface area contributed by atoms with Crippen molar-refractivity contribution in [3.8, 4) is 17.9 Å². The number of allylic oxidation sites excluding steroid dienone is 2. The minimum atomic E-state index is -3.82. The first-order valence-electron chi connectivity index (χ1n) is 13.0. The summed E-state index contributed by atoms with van der Waals surface area (Å²) < 4.78 is 35.4. The standard InChI is InChI=1S/C32H35N2O5P/c1-26(14-15-27-16-18-30(19-17-27)39-25-38-22-28-10-6-4-7-11-28)20-21-32(23-33,24-34)31(40(35,36-2)37-3)29-12-8-5-9-13-29/h4-13,16-20,31H,14-15,21-22,25H2,1-3H3/b26-20+. The third kappa shape index (κ3) is 8.15. The molecule has 40 heavy (non-hydrogen) atoms. The van der Waals surface area contributed by atoms with Crippen molar-refractivity contribution >= 4 is 7.60 Å². The molecule has 3 aromatic carbocycles. The number of ether oxygens (including phenoxy) is 2. The average molecular weight is 559 g/mol. The molecule has 0 radical (unpaired) electrons. The Hall–Kier alpha value is -3.71. The summed E-state index contributed by atoms with van der Waals surface area (Å²) in [5, 5.41) is 20.4. The first kappa shape index (κ1) is 30.8. The fourth-order valence-corrected chi connectivity index (χ4v) is 6.25. The smallest absolute Gasteiger partial charge is 0.340 e. The van der Waals surface area contributed by atoms with Crippen LogP contribution in [-0.2, 0) is 31.4 Å². The maximum atomic E-state index is 13.6. The van der Waals surface area contributed by atoms with Crippen LogP contribution in [0.2, 0.25) is 0 Å². The van der Waals surface area contributed by atoms with Gasteiger partial charge in [0.25, 0.3) is 0 Å². The van der Waals surface area contributed by atoms with Crippen molar-refractivity contribution in [2.75, 3.05) is 21.0 Å². The summed E-state index contributed by atoms with van der Waals surface area (Å²) in [6, 6.07) is 30.9. The molecule has 0 fully saturated rings. The Morgan fingerprint density at radius 3 is 2.08 bits per heavy atom. The van der Waals surface area contributed by atoms with Gasteiger partial charge < -0.3 is 18.5 Å². The van der Waals surface area contributed by atoms with E-state index in [1.807, 2.05) is 73.7 Å². The van der Waals surface area contributed by atoms with Gasteiger partial charge in [0.2, 0.25) is 0 Å². The Labute approximate surface area is 237 Å². The molecule has 3 aromatic rings. The van der Waals surface area contributed by atoms with Crippen molar-refractivity contribution in [2.24, 2.45) is 5.41 Å². The highest BCUT2D eigenvalue weighted by Crippen LogP contribution is 2.67. The maximum absolute atomic E-state index is 13.6. The van der Waals surface area contributed by atoms with Crippen LogP contribution in [0.15, 0.2) is 96.6 Å². The van der Waals surface area contributed by atoms with Gasteiger partial charge >= 0.3 is 7.60 Å². The fraction of sp³-hybridized carbons (Fsp3) is 0.312. The van der Waals surface area contributed by atoms with Gasteiger partial charge in [0, 0.05) is 14.2 Å². The number of benzene rings is 3. The molecule has 0 aliphatic carbocycles. The Kier molecular flexibility index (Phi) is 11.7. The van der Waals surface area contributed by atoms with Gasteiger partial charge in [0.05, 0.1) is 18.7 Å². The molecule has 1 unspecified atom stereocenters. The molecule has 0 N–H and O–H groups in total. The lowest BCUT2D eigenvalue weighted by Crippen LogP contribution is -2.27. The zero-order valence-corrected chi connectivity index (χ0v) is 24.1. The van der Waals surface area contributed by atoms with Gasteiger partial charge in [-0.25, -0.2) is 0 Å². The van der Waals surface area contributed by atoms with E-state index in [0.717, 1.165) is 35.3 Å². The highest BCUT2D eigenvalue weighted by molar-refractivity contribution is 7.54. The number of rotatable bonds is 15. The molecule has 0 spiro atoms. The Morgan fingerprint density at radius 1 is 0.900 bits per heavy atom. The second-order valence-corrected chi connectivity index (χ2v) is 11.7.